The number of aromatic nitrogens is 2. The Morgan fingerprint density at radius 1 is 1.35 bits per heavy atom. The van der Waals surface area contributed by atoms with E-state index in [1.165, 1.54) is 12.1 Å². The molecule has 1 aliphatic carbocycles. The maximum absolute atomic E-state index is 13.3. The fraction of sp³-hybridized carbons (Fsp3) is 0.526. The largest absolute Gasteiger partial charge is 0.368 e. The molecule has 1 saturated heterocycles. The average molecular weight is 359 g/mol. The van der Waals surface area contributed by atoms with E-state index in [-0.39, 0.29) is 24.2 Å². The average Bonchev–Trinajstić information content (AvgIpc) is 3.39. The van der Waals surface area contributed by atoms with Gasteiger partial charge < -0.3 is 14.2 Å². The lowest BCUT2D eigenvalue weighted by Crippen LogP contribution is -2.43. The van der Waals surface area contributed by atoms with E-state index in [2.05, 4.69) is 10.1 Å². The van der Waals surface area contributed by atoms with Crippen LogP contribution in [-0.4, -0.2) is 40.1 Å². The second-order valence-electron chi connectivity index (χ2n) is 7.04. The molecule has 0 radical (unpaired) electrons. The fourth-order valence-corrected chi connectivity index (χ4v) is 3.25. The molecular weight excluding hydrogens is 337 g/mol. The topological polar surface area (TPSA) is 68.5 Å². The Hall–Kier alpha value is -2.28. The Morgan fingerprint density at radius 2 is 2.23 bits per heavy atom. The monoisotopic (exact) mass is 359 g/mol. The number of rotatable bonds is 6. The van der Waals surface area contributed by atoms with Crippen LogP contribution in [-0.2, 0) is 22.6 Å². The Morgan fingerprint density at radius 3 is 3.04 bits per heavy atom. The van der Waals surface area contributed by atoms with Crippen molar-refractivity contribution in [2.45, 2.75) is 50.7 Å². The maximum Gasteiger partial charge on any atom is 0.229 e. The number of hydrogen-bond acceptors (Lipinski definition) is 5. The molecule has 1 amide bonds. The van der Waals surface area contributed by atoms with Gasteiger partial charge in [0.15, 0.2) is 5.82 Å². The quantitative estimate of drug-likeness (QED) is 0.793. The zero-order valence-electron chi connectivity index (χ0n) is 14.6. The van der Waals surface area contributed by atoms with Gasteiger partial charge in [-0.1, -0.05) is 17.3 Å². The molecule has 0 N–H and O–H groups in total. The lowest BCUT2D eigenvalue weighted by molar-refractivity contribution is -0.135. The molecule has 7 heteroatoms. The van der Waals surface area contributed by atoms with Crippen LogP contribution >= 0.6 is 0 Å². The van der Waals surface area contributed by atoms with Crippen LogP contribution in [0.2, 0.25) is 0 Å². The number of carbonyl (C=O) groups is 1. The molecule has 4 rings (SSSR count). The van der Waals surface area contributed by atoms with Crippen LogP contribution < -0.4 is 0 Å². The molecule has 1 aliphatic heterocycles. The molecule has 2 aromatic rings. The van der Waals surface area contributed by atoms with Crippen molar-refractivity contribution >= 4 is 5.91 Å². The van der Waals surface area contributed by atoms with Crippen LogP contribution in [0.3, 0.4) is 0 Å². The van der Waals surface area contributed by atoms with Gasteiger partial charge in [0.05, 0.1) is 12.5 Å². The predicted octanol–water partition coefficient (Wildman–Crippen LogP) is 2.84. The van der Waals surface area contributed by atoms with Crippen LogP contribution in [0.1, 0.15) is 48.9 Å². The first-order chi connectivity index (χ1) is 12.7. The zero-order valence-corrected chi connectivity index (χ0v) is 14.6. The molecule has 6 nitrogen and oxygen atoms in total. The molecular formula is C19H22FN3O3. The summed E-state index contributed by atoms with van der Waals surface area (Å²) in [6, 6.07) is 6.18. The summed E-state index contributed by atoms with van der Waals surface area (Å²) in [6.45, 7) is 1.55. The maximum atomic E-state index is 13.3. The molecule has 1 unspecified atom stereocenters. The minimum atomic E-state index is -0.319. The number of piperidine rings is 1. The number of hydrogen-bond donors (Lipinski definition) is 0. The molecule has 2 aliphatic rings. The van der Waals surface area contributed by atoms with E-state index in [1.807, 2.05) is 0 Å². The van der Waals surface area contributed by atoms with Gasteiger partial charge in [-0.2, -0.15) is 4.98 Å². The summed E-state index contributed by atoms with van der Waals surface area (Å²) in [5.74, 6) is 1.39. The minimum absolute atomic E-state index is 0.000481. The number of nitrogens with zero attached hydrogens (tertiary/aromatic N) is 3. The van der Waals surface area contributed by atoms with Crippen LogP contribution in [0.5, 0.6) is 0 Å². The van der Waals surface area contributed by atoms with Crippen LogP contribution in [0.15, 0.2) is 28.8 Å². The molecule has 1 aromatic carbocycles. The Labute approximate surface area is 151 Å². The molecule has 26 heavy (non-hydrogen) atoms. The van der Waals surface area contributed by atoms with E-state index in [9.17, 15) is 9.18 Å². The summed E-state index contributed by atoms with van der Waals surface area (Å²) in [6.07, 6.45) is 4.19. The smallest absolute Gasteiger partial charge is 0.229 e. The van der Waals surface area contributed by atoms with E-state index in [4.69, 9.17) is 9.26 Å². The lowest BCUT2D eigenvalue weighted by Gasteiger charge is -2.32. The molecule has 1 saturated carbocycles. The number of halogens is 1. The van der Waals surface area contributed by atoms with Crippen molar-refractivity contribution in [2.24, 2.45) is 0 Å². The molecule has 2 heterocycles. The van der Waals surface area contributed by atoms with Crippen molar-refractivity contribution in [2.75, 3.05) is 13.1 Å². The van der Waals surface area contributed by atoms with Gasteiger partial charge in [0.2, 0.25) is 11.8 Å². The highest BCUT2D eigenvalue weighted by Gasteiger charge is 2.30. The number of carbonyl (C=O) groups excluding carboxylic acids is 1. The summed E-state index contributed by atoms with van der Waals surface area (Å²) in [7, 11) is 0. The van der Waals surface area contributed by atoms with Gasteiger partial charge in [-0.15, -0.1) is 0 Å². The second kappa shape index (κ2) is 7.53. The number of benzene rings is 1. The highest BCUT2D eigenvalue weighted by molar-refractivity contribution is 5.78. The van der Waals surface area contributed by atoms with Gasteiger partial charge in [-0.3, -0.25) is 4.79 Å². The molecule has 138 valence electrons. The van der Waals surface area contributed by atoms with Crippen LogP contribution in [0.25, 0.3) is 0 Å². The van der Waals surface area contributed by atoms with E-state index in [1.54, 1.807) is 17.0 Å². The standard InChI is InChI=1S/C19H22FN3O3/c20-15-4-1-3-13(9-15)10-18(24)23-8-2-5-16(11-23)25-12-17-21-19(26-22-17)14-6-7-14/h1,3-4,9,14,16H,2,5-8,10-12H2. The van der Waals surface area contributed by atoms with E-state index in [0.717, 1.165) is 25.7 Å². The molecule has 2 fully saturated rings. The number of amides is 1. The molecule has 1 aromatic heterocycles. The van der Waals surface area contributed by atoms with Crippen LogP contribution in [0, 0.1) is 5.82 Å². The van der Waals surface area contributed by atoms with Gasteiger partial charge in [-0.05, 0) is 43.4 Å². The summed E-state index contributed by atoms with van der Waals surface area (Å²) >= 11 is 0. The summed E-state index contributed by atoms with van der Waals surface area (Å²) < 4.78 is 24.4. The van der Waals surface area contributed by atoms with E-state index in [0.29, 0.717) is 42.9 Å². The van der Waals surface area contributed by atoms with Gasteiger partial charge in [-0.25, -0.2) is 4.39 Å². The van der Waals surface area contributed by atoms with Crippen molar-refractivity contribution in [1.82, 2.24) is 15.0 Å². The Balaban J connectivity index is 1.28. The first kappa shape index (κ1) is 17.1. The Bertz CT molecular complexity index is 775. The zero-order chi connectivity index (χ0) is 17.9. The molecule has 0 spiro atoms. The lowest BCUT2D eigenvalue weighted by atomic mass is 10.1. The third-order valence-electron chi connectivity index (χ3n) is 4.83. The SMILES string of the molecule is O=C(Cc1cccc(F)c1)N1CCCC(OCc2noc(C3CC3)n2)C1. The van der Waals surface area contributed by atoms with Crippen molar-refractivity contribution in [3.63, 3.8) is 0 Å². The van der Waals surface area contributed by atoms with Crippen LogP contribution in [0.4, 0.5) is 4.39 Å². The second-order valence-corrected chi connectivity index (χ2v) is 7.04. The molecule has 1 atom stereocenters. The first-order valence-corrected chi connectivity index (χ1v) is 9.13. The minimum Gasteiger partial charge on any atom is -0.368 e. The summed E-state index contributed by atoms with van der Waals surface area (Å²) in [5, 5.41) is 3.95. The van der Waals surface area contributed by atoms with Crippen molar-refractivity contribution < 1.29 is 18.4 Å². The predicted molar refractivity (Wildman–Crippen MR) is 90.8 cm³/mol. The number of likely N-dealkylation sites (tertiary alicyclic amines) is 1. The Kier molecular flexibility index (Phi) is 4.97. The highest BCUT2D eigenvalue weighted by atomic mass is 19.1. The highest BCUT2D eigenvalue weighted by Crippen LogP contribution is 2.38. The third kappa shape index (κ3) is 4.27. The number of ether oxygens (including phenoxy) is 1. The van der Waals surface area contributed by atoms with Gasteiger partial charge >= 0.3 is 0 Å². The van der Waals surface area contributed by atoms with Gasteiger partial charge in [0.25, 0.3) is 0 Å². The van der Waals surface area contributed by atoms with Gasteiger partial charge in [0.1, 0.15) is 12.4 Å². The fourth-order valence-electron chi connectivity index (χ4n) is 3.25. The normalized spacial score (nSPS) is 20.3. The van der Waals surface area contributed by atoms with Crippen molar-refractivity contribution in [3.8, 4) is 0 Å². The third-order valence-corrected chi connectivity index (χ3v) is 4.83. The summed E-state index contributed by atoms with van der Waals surface area (Å²) in [5.41, 5.74) is 0.692. The first-order valence-electron chi connectivity index (χ1n) is 9.13. The van der Waals surface area contributed by atoms with Gasteiger partial charge in [0, 0.05) is 19.0 Å². The van der Waals surface area contributed by atoms with E-state index < -0.39 is 0 Å². The van der Waals surface area contributed by atoms with E-state index >= 15 is 0 Å². The van der Waals surface area contributed by atoms with Crippen molar-refractivity contribution in [1.29, 1.82) is 0 Å². The summed E-state index contributed by atoms with van der Waals surface area (Å²) in [4.78, 5) is 18.6. The molecule has 0 bridgehead atoms. The van der Waals surface area contributed by atoms with Crippen molar-refractivity contribution in [3.05, 3.63) is 47.4 Å².